The van der Waals surface area contributed by atoms with Crippen molar-refractivity contribution >= 4 is 17.6 Å². The van der Waals surface area contributed by atoms with E-state index in [1.54, 1.807) is 72.8 Å². The van der Waals surface area contributed by atoms with Gasteiger partial charge in [0.15, 0.2) is 0 Å². The zero-order chi connectivity index (χ0) is 17.7. The number of esters is 1. The molecule has 25 heavy (non-hydrogen) atoms. The van der Waals surface area contributed by atoms with Gasteiger partial charge in [0.25, 0.3) is 0 Å². The molecule has 0 unspecified atom stereocenters. The smallest absolute Gasteiger partial charge is 0.348 e. The van der Waals surface area contributed by atoms with Crippen LogP contribution >= 0.6 is 11.6 Å². The summed E-state index contributed by atoms with van der Waals surface area (Å²) in [6.07, 6.45) is 0. The first-order valence-electron chi connectivity index (χ1n) is 7.86. The zero-order valence-corrected chi connectivity index (χ0v) is 14.2. The van der Waals surface area contributed by atoms with Crippen molar-refractivity contribution in [3.8, 4) is 0 Å². The summed E-state index contributed by atoms with van der Waals surface area (Å²) in [6.45, 7) is 0.0536. The summed E-state index contributed by atoms with van der Waals surface area (Å²) in [6, 6.07) is 24.6. The number of hydrogen-bond acceptors (Lipinski definition) is 3. The molecule has 1 N–H and O–H groups in total. The average molecular weight is 353 g/mol. The number of halogens is 1. The monoisotopic (exact) mass is 352 g/mol. The van der Waals surface area contributed by atoms with E-state index < -0.39 is 11.6 Å². The van der Waals surface area contributed by atoms with Gasteiger partial charge in [-0.3, -0.25) is 0 Å². The second-order valence-corrected chi connectivity index (χ2v) is 6.08. The van der Waals surface area contributed by atoms with Crippen LogP contribution in [0.1, 0.15) is 16.7 Å². The standard InChI is InChI=1S/C21H17ClO3/c22-19-13-11-16(12-14-19)15-25-20(23)21(24,17-7-3-1-4-8-17)18-9-5-2-6-10-18/h1-14,24H,15H2. The Morgan fingerprint density at radius 2 is 1.32 bits per heavy atom. The van der Waals surface area contributed by atoms with Crippen LogP contribution in [-0.4, -0.2) is 11.1 Å². The normalized spacial score (nSPS) is 11.1. The maximum absolute atomic E-state index is 12.8. The zero-order valence-electron chi connectivity index (χ0n) is 13.4. The van der Waals surface area contributed by atoms with Gasteiger partial charge in [0.05, 0.1) is 0 Å². The number of ether oxygens (including phenoxy) is 1. The van der Waals surface area contributed by atoms with Crippen LogP contribution in [0.2, 0.25) is 5.02 Å². The lowest BCUT2D eigenvalue weighted by molar-refractivity contribution is -0.163. The molecule has 0 spiro atoms. The van der Waals surface area contributed by atoms with Crippen molar-refractivity contribution in [1.29, 1.82) is 0 Å². The fourth-order valence-corrected chi connectivity index (χ4v) is 2.72. The first-order chi connectivity index (χ1) is 12.1. The molecule has 0 aliphatic heterocycles. The largest absolute Gasteiger partial charge is 0.458 e. The Labute approximate surface area is 151 Å². The van der Waals surface area contributed by atoms with Gasteiger partial charge < -0.3 is 9.84 Å². The van der Waals surface area contributed by atoms with E-state index in [0.717, 1.165) is 5.56 Å². The summed E-state index contributed by atoms with van der Waals surface area (Å²) in [5, 5.41) is 11.9. The third kappa shape index (κ3) is 3.73. The highest BCUT2D eigenvalue weighted by molar-refractivity contribution is 6.30. The quantitative estimate of drug-likeness (QED) is 0.696. The maximum atomic E-state index is 12.8. The van der Waals surface area contributed by atoms with Crippen LogP contribution in [0.5, 0.6) is 0 Å². The van der Waals surface area contributed by atoms with E-state index in [9.17, 15) is 9.90 Å². The van der Waals surface area contributed by atoms with Crippen molar-refractivity contribution in [3.63, 3.8) is 0 Å². The molecule has 0 heterocycles. The minimum absolute atomic E-state index is 0.0536. The highest BCUT2D eigenvalue weighted by Crippen LogP contribution is 2.31. The number of benzene rings is 3. The molecular formula is C21H17ClO3. The van der Waals surface area contributed by atoms with Gasteiger partial charge in [-0.25, -0.2) is 4.79 Å². The molecule has 126 valence electrons. The van der Waals surface area contributed by atoms with Crippen LogP contribution in [0, 0.1) is 0 Å². The molecular weight excluding hydrogens is 336 g/mol. The summed E-state index contributed by atoms with van der Waals surface area (Å²) in [5.41, 5.74) is -0.152. The molecule has 0 saturated heterocycles. The van der Waals surface area contributed by atoms with Crippen molar-refractivity contribution in [1.82, 2.24) is 0 Å². The Hall–Kier alpha value is -2.62. The van der Waals surface area contributed by atoms with Crippen LogP contribution in [0.15, 0.2) is 84.9 Å². The van der Waals surface area contributed by atoms with Gasteiger partial charge >= 0.3 is 5.97 Å². The Balaban J connectivity index is 1.89. The van der Waals surface area contributed by atoms with Gasteiger partial charge in [0.1, 0.15) is 6.61 Å². The first kappa shape index (κ1) is 17.2. The second kappa shape index (κ2) is 7.51. The van der Waals surface area contributed by atoms with Gasteiger partial charge in [0, 0.05) is 5.02 Å². The Morgan fingerprint density at radius 3 is 1.80 bits per heavy atom. The van der Waals surface area contributed by atoms with Crippen LogP contribution in [0.4, 0.5) is 0 Å². The number of carbonyl (C=O) groups excluding carboxylic acids is 1. The van der Waals surface area contributed by atoms with Gasteiger partial charge in [-0.05, 0) is 28.8 Å². The molecule has 4 heteroatoms. The molecule has 3 nitrogen and oxygen atoms in total. The van der Waals surface area contributed by atoms with Crippen LogP contribution in [-0.2, 0) is 21.7 Å². The first-order valence-corrected chi connectivity index (χ1v) is 8.23. The minimum atomic E-state index is -1.87. The average Bonchev–Trinajstić information content (AvgIpc) is 2.68. The van der Waals surface area contributed by atoms with Crippen molar-refractivity contribution in [2.75, 3.05) is 0 Å². The van der Waals surface area contributed by atoms with Gasteiger partial charge in [-0.2, -0.15) is 0 Å². The van der Waals surface area contributed by atoms with Crippen LogP contribution in [0.3, 0.4) is 0 Å². The van der Waals surface area contributed by atoms with E-state index in [4.69, 9.17) is 16.3 Å². The Morgan fingerprint density at radius 1 is 0.840 bits per heavy atom. The number of hydrogen-bond donors (Lipinski definition) is 1. The van der Waals surface area contributed by atoms with Crippen LogP contribution < -0.4 is 0 Å². The number of rotatable bonds is 5. The number of carbonyl (C=O) groups is 1. The lowest BCUT2D eigenvalue weighted by Gasteiger charge is -2.27. The Bertz CT molecular complexity index is 791. The van der Waals surface area contributed by atoms with E-state index in [1.807, 2.05) is 12.1 Å². The van der Waals surface area contributed by atoms with Gasteiger partial charge in [-0.15, -0.1) is 0 Å². The molecule has 0 amide bonds. The second-order valence-electron chi connectivity index (χ2n) is 5.65. The lowest BCUT2D eigenvalue weighted by atomic mass is 9.86. The molecule has 0 bridgehead atoms. The minimum Gasteiger partial charge on any atom is -0.458 e. The SMILES string of the molecule is O=C(OCc1ccc(Cl)cc1)C(O)(c1ccccc1)c1ccccc1. The van der Waals surface area contributed by atoms with E-state index >= 15 is 0 Å². The molecule has 0 aromatic heterocycles. The van der Waals surface area contributed by atoms with E-state index in [-0.39, 0.29) is 6.61 Å². The van der Waals surface area contributed by atoms with Crippen LogP contribution in [0.25, 0.3) is 0 Å². The third-order valence-electron chi connectivity index (χ3n) is 3.96. The van der Waals surface area contributed by atoms with Crippen molar-refractivity contribution in [2.24, 2.45) is 0 Å². The molecule has 3 rings (SSSR count). The van der Waals surface area contributed by atoms with E-state index in [0.29, 0.717) is 16.1 Å². The van der Waals surface area contributed by atoms with Gasteiger partial charge in [-0.1, -0.05) is 84.4 Å². The third-order valence-corrected chi connectivity index (χ3v) is 4.21. The summed E-state index contributed by atoms with van der Waals surface area (Å²) in [4.78, 5) is 12.8. The summed E-state index contributed by atoms with van der Waals surface area (Å²) in [7, 11) is 0. The summed E-state index contributed by atoms with van der Waals surface area (Å²) < 4.78 is 5.41. The summed E-state index contributed by atoms with van der Waals surface area (Å²) in [5.74, 6) is -0.722. The highest BCUT2D eigenvalue weighted by atomic mass is 35.5. The molecule has 0 radical (unpaired) electrons. The number of aliphatic hydroxyl groups is 1. The van der Waals surface area contributed by atoms with E-state index in [1.165, 1.54) is 0 Å². The molecule has 3 aromatic rings. The van der Waals surface area contributed by atoms with Crippen molar-refractivity contribution in [3.05, 3.63) is 107 Å². The summed E-state index contributed by atoms with van der Waals surface area (Å²) >= 11 is 5.86. The van der Waals surface area contributed by atoms with Crippen molar-refractivity contribution in [2.45, 2.75) is 12.2 Å². The van der Waals surface area contributed by atoms with E-state index in [2.05, 4.69) is 0 Å². The lowest BCUT2D eigenvalue weighted by Crippen LogP contribution is -2.38. The molecule has 3 aromatic carbocycles. The molecule has 0 aliphatic rings. The fraction of sp³-hybridized carbons (Fsp3) is 0.0952. The predicted molar refractivity (Wildman–Crippen MR) is 97.1 cm³/mol. The predicted octanol–water partition coefficient (Wildman–Crippen LogP) is 4.32. The Kier molecular flexibility index (Phi) is 5.17. The van der Waals surface area contributed by atoms with Crippen molar-refractivity contribution < 1.29 is 14.6 Å². The fourth-order valence-electron chi connectivity index (χ4n) is 2.60. The molecule has 0 fully saturated rings. The van der Waals surface area contributed by atoms with Gasteiger partial charge in [0.2, 0.25) is 5.60 Å². The molecule has 0 atom stereocenters. The maximum Gasteiger partial charge on any atom is 0.348 e. The molecule has 0 aliphatic carbocycles. The topological polar surface area (TPSA) is 46.5 Å². The molecule has 0 saturated carbocycles. The highest BCUT2D eigenvalue weighted by Gasteiger charge is 2.41.